The van der Waals surface area contributed by atoms with Crippen molar-refractivity contribution in [3.63, 3.8) is 0 Å². The highest BCUT2D eigenvalue weighted by atomic mass is 32.2. The Labute approximate surface area is 117 Å². The topological polar surface area (TPSA) is 101 Å². The number of nitrogens with two attached hydrogens (primary N) is 1. The van der Waals surface area contributed by atoms with Crippen LogP contribution < -0.4 is 15.8 Å². The number of amides is 1. The van der Waals surface area contributed by atoms with E-state index in [4.69, 9.17) is 5.73 Å². The van der Waals surface area contributed by atoms with Crippen LogP contribution in [0.3, 0.4) is 0 Å². The molecule has 1 aromatic rings. The van der Waals surface area contributed by atoms with Crippen molar-refractivity contribution < 1.29 is 17.6 Å². The third-order valence-corrected chi connectivity index (χ3v) is 4.15. The van der Waals surface area contributed by atoms with Crippen LogP contribution in [0, 0.1) is 5.82 Å². The smallest absolute Gasteiger partial charge is 0.243 e. The lowest BCUT2D eigenvalue weighted by Crippen LogP contribution is -2.45. The number of nitrogens with one attached hydrogen (secondary N) is 2. The van der Waals surface area contributed by atoms with Crippen LogP contribution in [0.5, 0.6) is 0 Å². The van der Waals surface area contributed by atoms with Crippen LogP contribution in [-0.4, -0.2) is 26.9 Å². The normalized spacial score (nSPS) is 12.9. The molecule has 6 nitrogen and oxygen atoms in total. The van der Waals surface area contributed by atoms with Crippen molar-refractivity contribution in [2.75, 3.05) is 12.3 Å². The van der Waals surface area contributed by atoms with Crippen LogP contribution in [0.4, 0.5) is 10.1 Å². The van der Waals surface area contributed by atoms with Crippen LogP contribution in [0.25, 0.3) is 0 Å². The molecule has 0 spiro atoms. The van der Waals surface area contributed by atoms with Crippen LogP contribution in [0.2, 0.25) is 0 Å². The third-order valence-electron chi connectivity index (χ3n) is 2.54. The summed E-state index contributed by atoms with van der Waals surface area (Å²) in [6, 6.07) is 2.02. The van der Waals surface area contributed by atoms with E-state index in [0.29, 0.717) is 6.54 Å². The fourth-order valence-electron chi connectivity index (χ4n) is 1.52. The van der Waals surface area contributed by atoms with Crippen molar-refractivity contribution in [1.29, 1.82) is 0 Å². The monoisotopic (exact) mass is 303 g/mol. The summed E-state index contributed by atoms with van der Waals surface area (Å²) in [6.07, 6.45) is 0.746. The van der Waals surface area contributed by atoms with Gasteiger partial charge >= 0.3 is 0 Å². The molecule has 0 aliphatic heterocycles. The van der Waals surface area contributed by atoms with Crippen molar-refractivity contribution in [1.82, 2.24) is 10.0 Å². The Balaban J connectivity index is 2.87. The molecule has 0 aliphatic carbocycles. The summed E-state index contributed by atoms with van der Waals surface area (Å²) < 4.78 is 39.2. The number of hydrogen-bond donors (Lipinski definition) is 3. The molecular formula is C12H18FN3O3S. The van der Waals surface area contributed by atoms with E-state index in [1.807, 2.05) is 6.92 Å². The van der Waals surface area contributed by atoms with Gasteiger partial charge in [0.15, 0.2) is 0 Å². The number of nitrogen functional groups attached to an aromatic ring is 1. The first-order valence-corrected chi connectivity index (χ1v) is 7.61. The molecule has 1 aromatic carbocycles. The maximum atomic E-state index is 12.9. The molecule has 0 saturated heterocycles. The lowest BCUT2D eigenvalue weighted by molar-refractivity contribution is -0.122. The molecule has 0 heterocycles. The molecule has 20 heavy (non-hydrogen) atoms. The Morgan fingerprint density at radius 1 is 1.45 bits per heavy atom. The van der Waals surface area contributed by atoms with E-state index < -0.39 is 27.8 Å². The van der Waals surface area contributed by atoms with Gasteiger partial charge in [0.1, 0.15) is 10.7 Å². The summed E-state index contributed by atoms with van der Waals surface area (Å²) in [5.74, 6) is -1.06. The van der Waals surface area contributed by atoms with Gasteiger partial charge in [0, 0.05) is 6.54 Å². The predicted molar refractivity (Wildman–Crippen MR) is 73.9 cm³/mol. The number of carbonyl (C=O) groups excluding carboxylic acids is 1. The second-order valence-corrected chi connectivity index (χ2v) is 6.00. The van der Waals surface area contributed by atoms with Gasteiger partial charge in [0.05, 0.1) is 11.7 Å². The Morgan fingerprint density at radius 3 is 2.65 bits per heavy atom. The minimum absolute atomic E-state index is 0.210. The molecule has 112 valence electrons. The van der Waals surface area contributed by atoms with E-state index in [1.54, 1.807) is 0 Å². The van der Waals surface area contributed by atoms with E-state index in [-0.39, 0.29) is 10.6 Å². The fraction of sp³-hybridized carbons (Fsp3) is 0.417. The van der Waals surface area contributed by atoms with Crippen molar-refractivity contribution in [2.24, 2.45) is 0 Å². The van der Waals surface area contributed by atoms with Gasteiger partial charge in [-0.1, -0.05) is 6.92 Å². The largest absolute Gasteiger partial charge is 0.398 e. The molecule has 1 atom stereocenters. The van der Waals surface area contributed by atoms with E-state index in [1.165, 1.54) is 6.92 Å². The molecule has 8 heteroatoms. The lowest BCUT2D eigenvalue weighted by atomic mass is 10.3. The zero-order valence-corrected chi connectivity index (χ0v) is 12.1. The number of rotatable bonds is 6. The summed E-state index contributed by atoms with van der Waals surface area (Å²) in [4.78, 5) is 11.4. The van der Waals surface area contributed by atoms with Crippen molar-refractivity contribution in [3.8, 4) is 0 Å². The minimum atomic E-state index is -3.98. The second kappa shape index (κ2) is 6.67. The number of anilines is 1. The first-order chi connectivity index (χ1) is 9.27. The number of hydrogen-bond acceptors (Lipinski definition) is 4. The molecule has 0 fully saturated rings. The lowest BCUT2D eigenvalue weighted by Gasteiger charge is -2.15. The van der Waals surface area contributed by atoms with Gasteiger partial charge in [-0.2, -0.15) is 4.72 Å². The Kier molecular flexibility index (Phi) is 5.46. The molecule has 1 amide bonds. The van der Waals surface area contributed by atoms with Crippen molar-refractivity contribution in [2.45, 2.75) is 31.2 Å². The van der Waals surface area contributed by atoms with E-state index in [0.717, 1.165) is 24.6 Å². The van der Waals surface area contributed by atoms with Gasteiger partial charge in [-0.3, -0.25) is 4.79 Å². The third kappa shape index (κ3) is 4.17. The minimum Gasteiger partial charge on any atom is -0.398 e. The van der Waals surface area contributed by atoms with Gasteiger partial charge in [-0.25, -0.2) is 12.8 Å². The SMILES string of the molecule is CCCNC(=O)C(C)NS(=O)(=O)c1ccc(F)cc1N. The summed E-state index contributed by atoms with van der Waals surface area (Å²) in [5, 5.41) is 2.57. The average Bonchev–Trinajstić information content (AvgIpc) is 2.34. The Morgan fingerprint density at radius 2 is 2.10 bits per heavy atom. The molecule has 0 aliphatic rings. The number of sulfonamides is 1. The number of benzene rings is 1. The Bertz CT molecular complexity index is 590. The van der Waals surface area contributed by atoms with Crippen molar-refractivity contribution in [3.05, 3.63) is 24.0 Å². The molecule has 0 bridgehead atoms. The standard InChI is InChI=1S/C12H18FN3O3S/c1-3-6-15-12(17)8(2)16-20(18,19)11-5-4-9(13)7-10(11)14/h4-5,7-8,16H,3,6,14H2,1-2H3,(H,15,17). The van der Waals surface area contributed by atoms with Gasteiger partial charge in [0.25, 0.3) is 0 Å². The van der Waals surface area contributed by atoms with Crippen LogP contribution >= 0.6 is 0 Å². The molecular weight excluding hydrogens is 285 g/mol. The highest BCUT2D eigenvalue weighted by Crippen LogP contribution is 2.19. The first kappa shape index (κ1) is 16.4. The molecule has 1 rings (SSSR count). The quantitative estimate of drug-likeness (QED) is 0.670. The van der Waals surface area contributed by atoms with E-state index >= 15 is 0 Å². The molecule has 1 unspecified atom stereocenters. The summed E-state index contributed by atoms with van der Waals surface area (Å²) >= 11 is 0. The van der Waals surface area contributed by atoms with Crippen LogP contribution in [0.15, 0.2) is 23.1 Å². The average molecular weight is 303 g/mol. The van der Waals surface area contributed by atoms with Gasteiger partial charge in [0.2, 0.25) is 15.9 Å². The number of halogens is 1. The highest BCUT2D eigenvalue weighted by Gasteiger charge is 2.23. The maximum absolute atomic E-state index is 12.9. The molecule has 0 saturated carbocycles. The van der Waals surface area contributed by atoms with Gasteiger partial charge < -0.3 is 11.1 Å². The van der Waals surface area contributed by atoms with Crippen LogP contribution in [-0.2, 0) is 14.8 Å². The zero-order valence-electron chi connectivity index (χ0n) is 11.3. The summed E-state index contributed by atoms with van der Waals surface area (Å²) in [5.41, 5.74) is 5.27. The fourth-order valence-corrected chi connectivity index (χ4v) is 2.83. The molecule has 4 N–H and O–H groups in total. The highest BCUT2D eigenvalue weighted by molar-refractivity contribution is 7.89. The van der Waals surface area contributed by atoms with Crippen molar-refractivity contribution >= 4 is 21.6 Å². The Hall–Kier alpha value is -1.67. The van der Waals surface area contributed by atoms with Gasteiger partial charge in [-0.15, -0.1) is 0 Å². The predicted octanol–water partition coefficient (Wildman–Crippen LogP) is 0.601. The summed E-state index contributed by atoms with van der Waals surface area (Å²) in [6.45, 7) is 3.76. The molecule has 0 radical (unpaired) electrons. The summed E-state index contributed by atoms with van der Waals surface area (Å²) in [7, 11) is -3.98. The van der Waals surface area contributed by atoms with Crippen LogP contribution in [0.1, 0.15) is 20.3 Å². The van der Waals surface area contributed by atoms with E-state index in [9.17, 15) is 17.6 Å². The van der Waals surface area contributed by atoms with E-state index in [2.05, 4.69) is 10.0 Å². The maximum Gasteiger partial charge on any atom is 0.243 e. The number of carbonyl (C=O) groups is 1. The van der Waals surface area contributed by atoms with Gasteiger partial charge in [-0.05, 0) is 31.5 Å². The first-order valence-electron chi connectivity index (χ1n) is 6.13. The second-order valence-electron chi connectivity index (χ2n) is 4.32. The zero-order chi connectivity index (χ0) is 15.3. The molecule has 0 aromatic heterocycles.